The second kappa shape index (κ2) is 6.87. The third kappa shape index (κ3) is 4.08. The standard InChI is InChI=1S/C13H20N2O2S/c1-15(9-12-3-2-8-18-12)13(16)10-17-11-4-6-14-7-5-11/h2-3,8,11,14H,4-7,9-10H2,1H3. The number of nitrogens with one attached hydrogen (secondary N) is 1. The number of carbonyl (C=O) groups is 1. The first kappa shape index (κ1) is 13.5. The Morgan fingerprint density at radius 1 is 1.56 bits per heavy atom. The zero-order chi connectivity index (χ0) is 12.8. The van der Waals surface area contributed by atoms with E-state index in [-0.39, 0.29) is 18.6 Å². The molecule has 1 aliphatic heterocycles. The molecule has 5 heteroatoms. The molecule has 1 aromatic heterocycles. The summed E-state index contributed by atoms with van der Waals surface area (Å²) in [5, 5.41) is 5.31. The minimum absolute atomic E-state index is 0.0573. The number of ether oxygens (including phenoxy) is 1. The fraction of sp³-hybridized carbons (Fsp3) is 0.615. The van der Waals surface area contributed by atoms with E-state index < -0.39 is 0 Å². The average Bonchev–Trinajstić information content (AvgIpc) is 2.90. The second-order valence-corrected chi connectivity index (χ2v) is 5.62. The highest BCUT2D eigenvalue weighted by Gasteiger charge is 2.16. The number of nitrogens with zero attached hydrogens (tertiary/aromatic N) is 1. The molecule has 1 aliphatic rings. The van der Waals surface area contributed by atoms with E-state index in [2.05, 4.69) is 5.32 Å². The van der Waals surface area contributed by atoms with Crippen LogP contribution in [0, 0.1) is 0 Å². The van der Waals surface area contributed by atoms with E-state index in [0.717, 1.165) is 25.9 Å². The molecule has 4 nitrogen and oxygen atoms in total. The van der Waals surface area contributed by atoms with Gasteiger partial charge in [-0.15, -0.1) is 11.3 Å². The van der Waals surface area contributed by atoms with Crippen molar-refractivity contribution in [3.05, 3.63) is 22.4 Å². The summed E-state index contributed by atoms with van der Waals surface area (Å²) in [7, 11) is 1.83. The fourth-order valence-electron chi connectivity index (χ4n) is 1.99. The molecular formula is C13H20N2O2S. The lowest BCUT2D eigenvalue weighted by Crippen LogP contribution is -2.36. The second-order valence-electron chi connectivity index (χ2n) is 4.59. The molecule has 2 heterocycles. The van der Waals surface area contributed by atoms with Crippen molar-refractivity contribution < 1.29 is 9.53 Å². The van der Waals surface area contributed by atoms with Gasteiger partial charge in [0.25, 0.3) is 0 Å². The minimum atomic E-state index is 0.0573. The maximum absolute atomic E-state index is 11.9. The topological polar surface area (TPSA) is 41.6 Å². The van der Waals surface area contributed by atoms with E-state index in [0.29, 0.717) is 6.54 Å². The highest BCUT2D eigenvalue weighted by atomic mass is 32.1. The molecule has 0 radical (unpaired) electrons. The number of hydrogen-bond acceptors (Lipinski definition) is 4. The number of carbonyl (C=O) groups excluding carboxylic acids is 1. The van der Waals surface area contributed by atoms with Crippen LogP contribution in [0.5, 0.6) is 0 Å². The molecule has 100 valence electrons. The number of amides is 1. The van der Waals surface area contributed by atoms with Gasteiger partial charge >= 0.3 is 0 Å². The molecule has 1 fully saturated rings. The van der Waals surface area contributed by atoms with E-state index in [4.69, 9.17) is 4.74 Å². The Hall–Kier alpha value is -0.910. The van der Waals surface area contributed by atoms with Crippen molar-refractivity contribution in [3.63, 3.8) is 0 Å². The summed E-state index contributed by atoms with van der Waals surface area (Å²) < 4.78 is 5.66. The first-order valence-electron chi connectivity index (χ1n) is 6.34. The first-order chi connectivity index (χ1) is 8.75. The minimum Gasteiger partial charge on any atom is -0.368 e. The Balaban J connectivity index is 1.70. The lowest BCUT2D eigenvalue weighted by molar-refractivity contribution is -0.137. The molecule has 0 aliphatic carbocycles. The van der Waals surface area contributed by atoms with Crippen LogP contribution in [0.2, 0.25) is 0 Å². The zero-order valence-electron chi connectivity index (χ0n) is 10.7. The largest absolute Gasteiger partial charge is 0.368 e. The Labute approximate surface area is 112 Å². The summed E-state index contributed by atoms with van der Waals surface area (Å²) in [4.78, 5) is 14.8. The third-order valence-electron chi connectivity index (χ3n) is 3.13. The van der Waals surface area contributed by atoms with Gasteiger partial charge in [-0.1, -0.05) is 6.07 Å². The van der Waals surface area contributed by atoms with Crippen molar-refractivity contribution in [1.29, 1.82) is 0 Å². The lowest BCUT2D eigenvalue weighted by Gasteiger charge is -2.24. The number of thiophene rings is 1. The third-order valence-corrected chi connectivity index (χ3v) is 3.99. The van der Waals surface area contributed by atoms with Crippen LogP contribution in [0.3, 0.4) is 0 Å². The van der Waals surface area contributed by atoms with Crippen molar-refractivity contribution in [2.24, 2.45) is 0 Å². The van der Waals surface area contributed by atoms with Gasteiger partial charge in [0.2, 0.25) is 5.91 Å². The summed E-state index contributed by atoms with van der Waals surface area (Å²) in [5.41, 5.74) is 0. The van der Waals surface area contributed by atoms with Gasteiger partial charge in [-0.05, 0) is 37.4 Å². The number of likely N-dealkylation sites (N-methyl/N-ethyl adjacent to an activating group) is 1. The van der Waals surface area contributed by atoms with Crippen LogP contribution in [0.25, 0.3) is 0 Å². The van der Waals surface area contributed by atoms with Gasteiger partial charge in [-0.3, -0.25) is 4.79 Å². The quantitative estimate of drug-likeness (QED) is 0.879. The highest BCUT2D eigenvalue weighted by molar-refractivity contribution is 7.09. The maximum Gasteiger partial charge on any atom is 0.248 e. The Kier molecular flexibility index (Phi) is 5.16. The predicted octanol–water partition coefficient (Wildman–Crippen LogP) is 1.48. The van der Waals surface area contributed by atoms with Gasteiger partial charge in [0.15, 0.2) is 0 Å². The summed E-state index contributed by atoms with van der Waals surface area (Å²) >= 11 is 1.67. The fourth-order valence-corrected chi connectivity index (χ4v) is 2.74. The van der Waals surface area contributed by atoms with Crippen LogP contribution in [0.1, 0.15) is 17.7 Å². The van der Waals surface area contributed by atoms with E-state index in [1.54, 1.807) is 16.2 Å². The molecule has 2 rings (SSSR count). The number of piperidine rings is 1. The maximum atomic E-state index is 11.9. The van der Waals surface area contributed by atoms with E-state index >= 15 is 0 Å². The molecule has 0 unspecified atom stereocenters. The number of hydrogen-bond donors (Lipinski definition) is 1. The van der Waals surface area contributed by atoms with E-state index in [9.17, 15) is 4.79 Å². The van der Waals surface area contributed by atoms with Crippen molar-refractivity contribution in [2.75, 3.05) is 26.7 Å². The van der Waals surface area contributed by atoms with Gasteiger partial charge in [0, 0.05) is 11.9 Å². The average molecular weight is 268 g/mol. The zero-order valence-corrected chi connectivity index (χ0v) is 11.5. The van der Waals surface area contributed by atoms with Gasteiger partial charge in [0.05, 0.1) is 12.6 Å². The Bertz CT molecular complexity index is 361. The first-order valence-corrected chi connectivity index (χ1v) is 7.22. The predicted molar refractivity (Wildman–Crippen MR) is 72.6 cm³/mol. The van der Waals surface area contributed by atoms with Crippen molar-refractivity contribution in [2.45, 2.75) is 25.5 Å². The molecule has 0 saturated carbocycles. The molecule has 0 atom stereocenters. The monoisotopic (exact) mass is 268 g/mol. The SMILES string of the molecule is CN(Cc1cccs1)C(=O)COC1CCNCC1. The molecule has 1 saturated heterocycles. The van der Waals surface area contributed by atoms with Gasteiger partial charge < -0.3 is 15.0 Å². The van der Waals surface area contributed by atoms with E-state index in [1.807, 2.05) is 24.6 Å². The summed E-state index contributed by atoms with van der Waals surface area (Å²) in [6.07, 6.45) is 2.24. The summed E-state index contributed by atoms with van der Waals surface area (Å²) in [6, 6.07) is 4.05. The van der Waals surface area contributed by atoms with Crippen molar-refractivity contribution in [3.8, 4) is 0 Å². The van der Waals surface area contributed by atoms with Crippen molar-refractivity contribution >= 4 is 17.2 Å². The molecule has 1 amide bonds. The van der Waals surface area contributed by atoms with Gasteiger partial charge in [-0.2, -0.15) is 0 Å². The highest BCUT2D eigenvalue weighted by Crippen LogP contribution is 2.11. The van der Waals surface area contributed by atoms with Crippen LogP contribution >= 0.6 is 11.3 Å². The lowest BCUT2D eigenvalue weighted by atomic mass is 10.1. The van der Waals surface area contributed by atoms with Crippen LogP contribution in [-0.4, -0.2) is 43.7 Å². The van der Waals surface area contributed by atoms with Gasteiger partial charge in [0.1, 0.15) is 6.61 Å². The molecule has 1 N–H and O–H groups in total. The van der Waals surface area contributed by atoms with E-state index in [1.165, 1.54) is 4.88 Å². The summed E-state index contributed by atoms with van der Waals surface area (Å²) in [5.74, 6) is 0.0573. The molecule has 18 heavy (non-hydrogen) atoms. The summed E-state index contributed by atoms with van der Waals surface area (Å²) in [6.45, 7) is 2.85. The van der Waals surface area contributed by atoms with Crippen LogP contribution in [0.4, 0.5) is 0 Å². The van der Waals surface area contributed by atoms with Crippen LogP contribution in [-0.2, 0) is 16.1 Å². The van der Waals surface area contributed by atoms with Crippen LogP contribution in [0.15, 0.2) is 17.5 Å². The van der Waals surface area contributed by atoms with Gasteiger partial charge in [-0.25, -0.2) is 0 Å². The smallest absolute Gasteiger partial charge is 0.248 e. The molecular weight excluding hydrogens is 248 g/mol. The molecule has 0 aromatic carbocycles. The van der Waals surface area contributed by atoms with Crippen LogP contribution < -0.4 is 5.32 Å². The molecule has 0 spiro atoms. The number of rotatable bonds is 5. The Morgan fingerprint density at radius 2 is 2.33 bits per heavy atom. The molecule has 0 bridgehead atoms. The Morgan fingerprint density at radius 3 is 3.00 bits per heavy atom. The molecule has 1 aromatic rings. The van der Waals surface area contributed by atoms with Crippen molar-refractivity contribution in [1.82, 2.24) is 10.2 Å². The normalized spacial score (nSPS) is 16.7.